The van der Waals surface area contributed by atoms with Gasteiger partial charge in [0.2, 0.25) is 5.91 Å². The molecule has 0 bridgehead atoms. The van der Waals surface area contributed by atoms with Crippen LogP contribution in [0, 0.1) is 5.92 Å². The summed E-state index contributed by atoms with van der Waals surface area (Å²) in [6.45, 7) is 4.74. The molecule has 106 valence electrons. The molecule has 1 aromatic carbocycles. The zero-order valence-electron chi connectivity index (χ0n) is 11.8. The second kappa shape index (κ2) is 8.05. The van der Waals surface area contributed by atoms with Crippen molar-refractivity contribution in [1.29, 1.82) is 0 Å². The van der Waals surface area contributed by atoms with E-state index in [0.29, 0.717) is 18.9 Å². The molecule has 19 heavy (non-hydrogen) atoms. The van der Waals surface area contributed by atoms with Crippen LogP contribution in [0.15, 0.2) is 24.3 Å². The summed E-state index contributed by atoms with van der Waals surface area (Å²) in [4.78, 5) is 11.8. The van der Waals surface area contributed by atoms with Crippen molar-refractivity contribution in [2.45, 2.75) is 32.1 Å². The molecule has 0 spiro atoms. The maximum absolute atomic E-state index is 11.8. The van der Waals surface area contributed by atoms with Crippen LogP contribution in [0.4, 0.5) is 0 Å². The van der Waals surface area contributed by atoms with Crippen molar-refractivity contribution in [1.82, 2.24) is 5.32 Å². The molecule has 1 amide bonds. The van der Waals surface area contributed by atoms with Crippen molar-refractivity contribution < 1.29 is 9.53 Å². The molecular weight excluding hydrogens is 262 g/mol. The predicted octanol–water partition coefficient (Wildman–Crippen LogP) is 3.01. The average molecular weight is 284 g/mol. The Labute approximate surface area is 120 Å². The van der Waals surface area contributed by atoms with Crippen LogP contribution in [-0.2, 0) is 11.2 Å². The molecule has 1 atom stereocenters. The zero-order valence-corrected chi connectivity index (χ0v) is 12.5. The van der Waals surface area contributed by atoms with Crippen LogP contribution < -0.4 is 10.1 Å². The third-order valence-corrected chi connectivity index (χ3v) is 3.12. The van der Waals surface area contributed by atoms with Crippen LogP contribution in [0.1, 0.15) is 25.8 Å². The van der Waals surface area contributed by atoms with Gasteiger partial charge in [0.15, 0.2) is 0 Å². The van der Waals surface area contributed by atoms with Crippen LogP contribution in [0.5, 0.6) is 5.75 Å². The van der Waals surface area contributed by atoms with Crippen molar-refractivity contribution in [3.8, 4) is 5.75 Å². The van der Waals surface area contributed by atoms with Crippen molar-refractivity contribution in [3.63, 3.8) is 0 Å². The van der Waals surface area contributed by atoms with Gasteiger partial charge in [0.1, 0.15) is 5.75 Å². The third kappa shape index (κ3) is 5.97. The maximum atomic E-state index is 11.8. The topological polar surface area (TPSA) is 38.3 Å². The van der Waals surface area contributed by atoms with Crippen LogP contribution in [0.3, 0.4) is 0 Å². The summed E-state index contributed by atoms with van der Waals surface area (Å²) in [7, 11) is 1.61. The third-order valence-electron chi connectivity index (χ3n) is 2.79. The number of halogens is 1. The van der Waals surface area contributed by atoms with Crippen LogP contribution in [-0.4, -0.2) is 24.9 Å². The lowest BCUT2D eigenvalue weighted by Gasteiger charge is -2.13. The van der Waals surface area contributed by atoms with Gasteiger partial charge in [-0.25, -0.2) is 0 Å². The summed E-state index contributed by atoms with van der Waals surface area (Å²) in [6, 6.07) is 7.53. The Balaban J connectivity index is 2.43. The van der Waals surface area contributed by atoms with Gasteiger partial charge in [-0.2, -0.15) is 0 Å². The zero-order chi connectivity index (χ0) is 14.3. The lowest BCUT2D eigenvalue weighted by atomic mass is 10.1. The standard InChI is InChI=1S/C15H22ClNO2/c1-11(2)8-13(16)10-17-15(18)9-12-6-4-5-7-14(12)19-3/h4-7,11,13H,8-10H2,1-3H3,(H,17,18). The minimum Gasteiger partial charge on any atom is -0.496 e. The predicted molar refractivity (Wildman–Crippen MR) is 78.8 cm³/mol. The molecule has 0 aliphatic rings. The highest BCUT2D eigenvalue weighted by molar-refractivity contribution is 6.20. The van der Waals surface area contributed by atoms with E-state index in [-0.39, 0.29) is 11.3 Å². The fraction of sp³-hybridized carbons (Fsp3) is 0.533. The smallest absolute Gasteiger partial charge is 0.224 e. The van der Waals surface area contributed by atoms with Crippen molar-refractivity contribution in [2.75, 3.05) is 13.7 Å². The largest absolute Gasteiger partial charge is 0.496 e. The van der Waals surface area contributed by atoms with Gasteiger partial charge < -0.3 is 10.1 Å². The molecule has 0 aromatic heterocycles. The number of hydrogen-bond acceptors (Lipinski definition) is 2. The van der Waals surface area contributed by atoms with E-state index >= 15 is 0 Å². The first kappa shape index (κ1) is 15.8. The molecule has 1 rings (SSSR count). The number of ether oxygens (including phenoxy) is 1. The van der Waals surface area contributed by atoms with Crippen LogP contribution in [0.25, 0.3) is 0 Å². The molecule has 1 unspecified atom stereocenters. The summed E-state index contributed by atoms with van der Waals surface area (Å²) in [5.41, 5.74) is 0.887. The molecule has 0 saturated heterocycles. The quantitative estimate of drug-likeness (QED) is 0.781. The van der Waals surface area contributed by atoms with Gasteiger partial charge in [0.05, 0.1) is 18.9 Å². The number of methoxy groups -OCH3 is 1. The number of benzene rings is 1. The molecule has 0 aliphatic heterocycles. The Morgan fingerprint density at radius 2 is 2.05 bits per heavy atom. The summed E-state index contributed by atoms with van der Waals surface area (Å²) < 4.78 is 5.22. The highest BCUT2D eigenvalue weighted by Crippen LogP contribution is 2.17. The number of alkyl halides is 1. The number of rotatable bonds is 7. The van der Waals surface area contributed by atoms with Gasteiger partial charge in [0.25, 0.3) is 0 Å². The minimum absolute atomic E-state index is 0.0124. The first-order chi connectivity index (χ1) is 9.02. The Morgan fingerprint density at radius 3 is 2.68 bits per heavy atom. The van der Waals surface area contributed by atoms with Gasteiger partial charge in [-0.3, -0.25) is 4.79 Å². The fourth-order valence-corrected chi connectivity index (χ4v) is 2.34. The summed E-state index contributed by atoms with van der Waals surface area (Å²) in [5.74, 6) is 1.25. The monoisotopic (exact) mass is 283 g/mol. The molecule has 0 aliphatic carbocycles. The molecule has 0 fully saturated rings. The fourth-order valence-electron chi connectivity index (χ4n) is 1.90. The normalized spacial score (nSPS) is 12.3. The second-order valence-corrected chi connectivity index (χ2v) is 5.64. The summed E-state index contributed by atoms with van der Waals surface area (Å²) >= 11 is 6.14. The highest BCUT2D eigenvalue weighted by Gasteiger charge is 2.11. The molecular formula is C15H22ClNO2. The van der Waals surface area contributed by atoms with E-state index in [1.54, 1.807) is 7.11 Å². The van der Waals surface area contributed by atoms with E-state index in [0.717, 1.165) is 17.7 Å². The lowest BCUT2D eigenvalue weighted by Crippen LogP contribution is -2.31. The lowest BCUT2D eigenvalue weighted by molar-refractivity contribution is -0.120. The van der Waals surface area contributed by atoms with Gasteiger partial charge in [-0.05, 0) is 18.4 Å². The van der Waals surface area contributed by atoms with Crippen LogP contribution in [0.2, 0.25) is 0 Å². The van der Waals surface area contributed by atoms with Gasteiger partial charge in [-0.15, -0.1) is 11.6 Å². The maximum Gasteiger partial charge on any atom is 0.224 e. The first-order valence-corrected chi connectivity index (χ1v) is 6.99. The molecule has 0 radical (unpaired) electrons. The average Bonchev–Trinajstić information content (AvgIpc) is 2.36. The van der Waals surface area contributed by atoms with Gasteiger partial charge in [-0.1, -0.05) is 32.0 Å². The number of nitrogens with one attached hydrogen (secondary N) is 1. The van der Waals surface area contributed by atoms with Gasteiger partial charge >= 0.3 is 0 Å². The Kier molecular flexibility index (Phi) is 6.71. The molecule has 3 nitrogen and oxygen atoms in total. The second-order valence-electron chi connectivity index (χ2n) is 5.02. The number of carbonyl (C=O) groups is 1. The summed E-state index contributed by atoms with van der Waals surface area (Å²) in [6.07, 6.45) is 1.21. The van der Waals surface area contributed by atoms with Gasteiger partial charge in [0, 0.05) is 12.1 Å². The van der Waals surface area contributed by atoms with E-state index in [1.165, 1.54) is 0 Å². The molecule has 4 heteroatoms. The van der Waals surface area contributed by atoms with Crippen LogP contribution >= 0.6 is 11.6 Å². The number of amides is 1. The SMILES string of the molecule is COc1ccccc1CC(=O)NCC(Cl)CC(C)C. The number of para-hydroxylation sites is 1. The Bertz CT molecular complexity index is 407. The molecule has 1 N–H and O–H groups in total. The highest BCUT2D eigenvalue weighted by atomic mass is 35.5. The number of carbonyl (C=O) groups excluding carboxylic acids is 1. The van der Waals surface area contributed by atoms with E-state index in [9.17, 15) is 4.79 Å². The molecule has 1 aromatic rings. The van der Waals surface area contributed by atoms with Crippen molar-refractivity contribution >= 4 is 17.5 Å². The van der Waals surface area contributed by atoms with E-state index in [4.69, 9.17) is 16.3 Å². The van der Waals surface area contributed by atoms with E-state index in [1.807, 2.05) is 24.3 Å². The Morgan fingerprint density at radius 1 is 1.37 bits per heavy atom. The van der Waals surface area contributed by atoms with E-state index in [2.05, 4.69) is 19.2 Å². The van der Waals surface area contributed by atoms with Crippen molar-refractivity contribution in [2.24, 2.45) is 5.92 Å². The molecule has 0 saturated carbocycles. The van der Waals surface area contributed by atoms with Crippen molar-refractivity contribution in [3.05, 3.63) is 29.8 Å². The minimum atomic E-state index is -0.0288. The summed E-state index contributed by atoms with van der Waals surface area (Å²) in [5, 5.41) is 2.85. The first-order valence-electron chi connectivity index (χ1n) is 6.55. The van der Waals surface area contributed by atoms with E-state index < -0.39 is 0 Å². The number of hydrogen-bond donors (Lipinski definition) is 1. The Hall–Kier alpha value is -1.22. The molecule has 0 heterocycles.